The first-order valence-corrected chi connectivity index (χ1v) is 8.81. The third-order valence-corrected chi connectivity index (χ3v) is 4.23. The lowest BCUT2D eigenvalue weighted by Gasteiger charge is -2.15. The van der Waals surface area contributed by atoms with Gasteiger partial charge in [0.05, 0.1) is 24.5 Å². The van der Waals surface area contributed by atoms with Gasteiger partial charge in [-0.3, -0.25) is 9.59 Å². The van der Waals surface area contributed by atoms with Crippen molar-refractivity contribution in [2.75, 3.05) is 11.9 Å². The first kappa shape index (κ1) is 20.4. The highest BCUT2D eigenvalue weighted by molar-refractivity contribution is 5.95. The van der Waals surface area contributed by atoms with E-state index in [2.05, 4.69) is 15.6 Å². The number of hydrogen-bond donors (Lipinski definition) is 3. The molecule has 7 heteroatoms. The van der Waals surface area contributed by atoms with E-state index < -0.39 is 6.04 Å². The van der Waals surface area contributed by atoms with E-state index >= 15 is 0 Å². The quantitative estimate of drug-likeness (QED) is 0.694. The second-order valence-corrected chi connectivity index (χ2v) is 6.72. The standard InChI is InChI=1S/C20H26N4O3/c1-12(2)19(21)20(26)23-11-17(25)24-15-8-9-18(22-10-15)27-16-7-5-6-13(3)14(16)4/h5-10,12,19H,11,21H2,1-4H3,(H,23,26)(H,24,25)/t19-/m0/s1. The second kappa shape index (κ2) is 9.14. The number of anilines is 1. The van der Waals surface area contributed by atoms with Gasteiger partial charge in [-0.2, -0.15) is 0 Å². The van der Waals surface area contributed by atoms with E-state index in [4.69, 9.17) is 10.5 Å². The van der Waals surface area contributed by atoms with Gasteiger partial charge in [-0.05, 0) is 43.0 Å². The Labute approximate surface area is 159 Å². The minimum atomic E-state index is -0.638. The SMILES string of the molecule is Cc1cccc(Oc2ccc(NC(=O)CNC(=O)[C@@H](N)C(C)C)cn2)c1C. The lowest BCUT2D eigenvalue weighted by atomic mass is 10.1. The molecular weight excluding hydrogens is 344 g/mol. The molecule has 0 fully saturated rings. The molecule has 0 aliphatic rings. The molecule has 0 bridgehead atoms. The van der Waals surface area contributed by atoms with Crippen LogP contribution in [0.25, 0.3) is 0 Å². The van der Waals surface area contributed by atoms with Gasteiger partial charge in [0.1, 0.15) is 5.75 Å². The molecule has 0 aliphatic heterocycles. The van der Waals surface area contributed by atoms with Gasteiger partial charge in [0.15, 0.2) is 0 Å². The molecule has 0 saturated carbocycles. The summed E-state index contributed by atoms with van der Waals surface area (Å²) in [7, 11) is 0. The summed E-state index contributed by atoms with van der Waals surface area (Å²) < 4.78 is 5.78. The smallest absolute Gasteiger partial charge is 0.243 e. The Morgan fingerprint density at radius 1 is 1.19 bits per heavy atom. The number of aryl methyl sites for hydroxylation is 1. The number of hydrogen-bond acceptors (Lipinski definition) is 5. The van der Waals surface area contributed by atoms with Crippen molar-refractivity contribution in [1.82, 2.24) is 10.3 Å². The molecule has 2 rings (SSSR count). The first-order chi connectivity index (χ1) is 12.8. The fraction of sp³-hybridized carbons (Fsp3) is 0.350. The molecule has 1 aromatic heterocycles. The van der Waals surface area contributed by atoms with E-state index in [1.807, 2.05) is 45.9 Å². The van der Waals surface area contributed by atoms with Crippen LogP contribution in [0.1, 0.15) is 25.0 Å². The predicted molar refractivity (Wildman–Crippen MR) is 105 cm³/mol. The molecule has 0 radical (unpaired) electrons. The van der Waals surface area contributed by atoms with Gasteiger partial charge >= 0.3 is 0 Å². The van der Waals surface area contributed by atoms with Gasteiger partial charge in [0, 0.05) is 6.07 Å². The molecule has 2 aromatic rings. The number of rotatable bonds is 7. The molecular formula is C20H26N4O3. The molecule has 0 saturated heterocycles. The molecule has 1 aromatic carbocycles. The third kappa shape index (κ3) is 5.79. The van der Waals surface area contributed by atoms with Crippen LogP contribution in [0.4, 0.5) is 5.69 Å². The van der Waals surface area contributed by atoms with E-state index in [0.29, 0.717) is 11.6 Å². The second-order valence-electron chi connectivity index (χ2n) is 6.72. The summed E-state index contributed by atoms with van der Waals surface area (Å²) in [5.74, 6) is 0.461. The Hall–Kier alpha value is -2.93. The van der Waals surface area contributed by atoms with Crippen LogP contribution in [-0.2, 0) is 9.59 Å². The zero-order valence-corrected chi connectivity index (χ0v) is 16.1. The zero-order chi connectivity index (χ0) is 20.0. The highest BCUT2D eigenvalue weighted by Gasteiger charge is 2.17. The molecule has 27 heavy (non-hydrogen) atoms. The van der Waals surface area contributed by atoms with E-state index in [-0.39, 0.29) is 24.3 Å². The number of nitrogens with zero attached hydrogens (tertiary/aromatic N) is 1. The number of carbonyl (C=O) groups is 2. The number of nitrogens with two attached hydrogens (primary N) is 1. The molecule has 0 aliphatic carbocycles. The van der Waals surface area contributed by atoms with Crippen molar-refractivity contribution in [3.8, 4) is 11.6 Å². The van der Waals surface area contributed by atoms with E-state index in [0.717, 1.165) is 16.9 Å². The number of pyridine rings is 1. The average Bonchev–Trinajstić information content (AvgIpc) is 2.64. The van der Waals surface area contributed by atoms with Crippen LogP contribution in [0.2, 0.25) is 0 Å². The van der Waals surface area contributed by atoms with Crippen LogP contribution in [0.15, 0.2) is 36.5 Å². The summed E-state index contributed by atoms with van der Waals surface area (Å²) in [4.78, 5) is 27.9. The Balaban J connectivity index is 1.89. The van der Waals surface area contributed by atoms with Gasteiger partial charge in [-0.25, -0.2) is 4.98 Å². The van der Waals surface area contributed by atoms with Crippen molar-refractivity contribution < 1.29 is 14.3 Å². The Morgan fingerprint density at radius 2 is 1.93 bits per heavy atom. The van der Waals surface area contributed by atoms with Gasteiger partial charge in [-0.15, -0.1) is 0 Å². The van der Waals surface area contributed by atoms with Crippen molar-refractivity contribution in [3.05, 3.63) is 47.7 Å². The lowest BCUT2D eigenvalue weighted by Crippen LogP contribution is -2.46. The van der Waals surface area contributed by atoms with Gasteiger partial charge < -0.3 is 21.1 Å². The van der Waals surface area contributed by atoms with Crippen molar-refractivity contribution in [3.63, 3.8) is 0 Å². The normalized spacial score (nSPS) is 11.8. The number of carbonyl (C=O) groups excluding carboxylic acids is 2. The average molecular weight is 370 g/mol. The van der Waals surface area contributed by atoms with Crippen molar-refractivity contribution in [1.29, 1.82) is 0 Å². The van der Waals surface area contributed by atoms with E-state index in [1.54, 1.807) is 12.1 Å². The highest BCUT2D eigenvalue weighted by atomic mass is 16.5. The number of nitrogens with one attached hydrogen (secondary N) is 2. The van der Waals surface area contributed by atoms with E-state index in [9.17, 15) is 9.59 Å². The maximum absolute atomic E-state index is 11.9. The van der Waals surface area contributed by atoms with Crippen LogP contribution < -0.4 is 21.1 Å². The Kier molecular flexibility index (Phi) is 6.90. The van der Waals surface area contributed by atoms with Crippen LogP contribution in [0.3, 0.4) is 0 Å². The molecule has 0 unspecified atom stereocenters. The topological polar surface area (TPSA) is 106 Å². The summed E-state index contributed by atoms with van der Waals surface area (Å²) in [6, 6.07) is 8.54. The summed E-state index contributed by atoms with van der Waals surface area (Å²) in [6.45, 7) is 7.54. The summed E-state index contributed by atoms with van der Waals surface area (Å²) in [5.41, 5.74) is 8.42. The zero-order valence-electron chi connectivity index (χ0n) is 16.1. The minimum absolute atomic E-state index is 0.00171. The van der Waals surface area contributed by atoms with Crippen molar-refractivity contribution >= 4 is 17.5 Å². The van der Waals surface area contributed by atoms with Crippen LogP contribution >= 0.6 is 0 Å². The number of amides is 2. The minimum Gasteiger partial charge on any atom is -0.439 e. The largest absolute Gasteiger partial charge is 0.439 e. The van der Waals surface area contributed by atoms with Crippen LogP contribution in [-0.4, -0.2) is 29.4 Å². The fourth-order valence-corrected chi connectivity index (χ4v) is 2.26. The fourth-order valence-electron chi connectivity index (χ4n) is 2.26. The van der Waals surface area contributed by atoms with Crippen LogP contribution in [0.5, 0.6) is 11.6 Å². The van der Waals surface area contributed by atoms with E-state index in [1.165, 1.54) is 6.20 Å². The lowest BCUT2D eigenvalue weighted by molar-refractivity contribution is -0.125. The Morgan fingerprint density at radius 3 is 2.56 bits per heavy atom. The predicted octanol–water partition coefficient (Wildman–Crippen LogP) is 2.53. The molecule has 4 N–H and O–H groups in total. The Bertz CT molecular complexity index is 803. The van der Waals surface area contributed by atoms with Gasteiger partial charge in [0.25, 0.3) is 0 Å². The van der Waals surface area contributed by atoms with Gasteiger partial charge in [-0.1, -0.05) is 26.0 Å². The number of ether oxygens (including phenoxy) is 1. The molecule has 144 valence electrons. The van der Waals surface area contributed by atoms with Crippen LogP contribution in [0, 0.1) is 19.8 Å². The molecule has 1 atom stereocenters. The summed E-state index contributed by atoms with van der Waals surface area (Å²) in [6.07, 6.45) is 1.50. The maximum Gasteiger partial charge on any atom is 0.243 e. The van der Waals surface area contributed by atoms with Gasteiger partial charge in [0.2, 0.25) is 17.7 Å². The molecule has 7 nitrogen and oxygen atoms in total. The monoisotopic (exact) mass is 370 g/mol. The van der Waals surface area contributed by atoms with Crippen molar-refractivity contribution in [2.45, 2.75) is 33.7 Å². The molecule has 2 amide bonds. The molecule has 1 heterocycles. The highest BCUT2D eigenvalue weighted by Crippen LogP contribution is 2.26. The van der Waals surface area contributed by atoms with Crippen molar-refractivity contribution in [2.24, 2.45) is 11.7 Å². The third-order valence-electron chi connectivity index (χ3n) is 4.23. The molecule has 0 spiro atoms. The summed E-state index contributed by atoms with van der Waals surface area (Å²) in [5, 5.41) is 5.18. The first-order valence-electron chi connectivity index (χ1n) is 8.81. The maximum atomic E-state index is 11.9. The number of benzene rings is 1. The number of aromatic nitrogens is 1. The summed E-state index contributed by atoms with van der Waals surface area (Å²) >= 11 is 0.